The number of furan rings is 1. The largest absolute Gasteiger partial charge is 0.513 e. The summed E-state index contributed by atoms with van der Waals surface area (Å²) in [5.74, 6) is 0.684. The van der Waals surface area contributed by atoms with Crippen LogP contribution < -0.4 is 10.6 Å². The Kier molecular flexibility index (Phi) is 8.54. The molecular formula is C31H35FN2O5. The number of aliphatic hydroxyl groups is 1. The molecule has 1 heterocycles. The van der Waals surface area contributed by atoms with Crippen LogP contribution in [0.15, 0.2) is 71.7 Å². The number of methoxy groups -OCH3 is 1. The molecule has 3 aromatic rings. The monoisotopic (exact) mass is 534 g/mol. The van der Waals surface area contributed by atoms with Crippen molar-refractivity contribution in [2.24, 2.45) is 0 Å². The summed E-state index contributed by atoms with van der Waals surface area (Å²) in [6.07, 6.45) is 12.8. The second-order valence-electron chi connectivity index (χ2n) is 9.76. The Balaban J connectivity index is 1.32. The van der Waals surface area contributed by atoms with Crippen LogP contribution in [-0.4, -0.2) is 44.7 Å². The van der Waals surface area contributed by atoms with Crippen molar-refractivity contribution in [1.82, 2.24) is 5.32 Å². The summed E-state index contributed by atoms with van der Waals surface area (Å²) in [4.78, 5) is 0. The van der Waals surface area contributed by atoms with Crippen molar-refractivity contribution in [2.75, 3.05) is 32.7 Å². The highest BCUT2D eigenvalue weighted by atomic mass is 19.1. The zero-order chi connectivity index (χ0) is 27.2. The van der Waals surface area contributed by atoms with Gasteiger partial charge in [-0.15, -0.1) is 0 Å². The van der Waals surface area contributed by atoms with Crippen LogP contribution >= 0.6 is 0 Å². The van der Waals surface area contributed by atoms with Gasteiger partial charge in [0, 0.05) is 43.1 Å². The van der Waals surface area contributed by atoms with Gasteiger partial charge in [0.25, 0.3) is 0 Å². The van der Waals surface area contributed by atoms with Gasteiger partial charge in [0.05, 0.1) is 36.3 Å². The highest BCUT2D eigenvalue weighted by molar-refractivity contribution is 5.99. The standard InChI is InChI=1S/C31H35FN2O5/c1-33-26(19-35)30-24-17-23(20-7-8-20)25(18-29(24)39-31(30)21-9-11-22(32)12-10-21)34-13-14-37-15-16-38-28-6-4-3-5-27(28)36-2/h3-4,9-14,17-20,27-28,33-35H,5-8,15-16H2,1-2H3/b14-13+,26-19-/t27-,28?/m1/s1. The molecule has 1 fully saturated rings. The van der Waals surface area contributed by atoms with Gasteiger partial charge in [-0.3, -0.25) is 0 Å². The van der Waals surface area contributed by atoms with E-state index < -0.39 is 0 Å². The molecule has 2 aromatic carbocycles. The fraction of sp³-hybridized carbons (Fsp3) is 0.355. The molecule has 1 saturated carbocycles. The van der Waals surface area contributed by atoms with E-state index in [2.05, 4.69) is 28.9 Å². The van der Waals surface area contributed by atoms with E-state index in [1.165, 1.54) is 17.7 Å². The smallest absolute Gasteiger partial charge is 0.144 e. The molecule has 0 aliphatic heterocycles. The molecule has 7 nitrogen and oxygen atoms in total. The molecular weight excluding hydrogens is 499 g/mol. The van der Waals surface area contributed by atoms with Crippen LogP contribution in [-0.2, 0) is 14.2 Å². The molecule has 0 saturated heterocycles. The summed E-state index contributed by atoms with van der Waals surface area (Å²) >= 11 is 0. The Labute approximate surface area is 227 Å². The fourth-order valence-corrected chi connectivity index (χ4v) is 5.02. The average Bonchev–Trinajstić information content (AvgIpc) is 3.75. The predicted octanol–water partition coefficient (Wildman–Crippen LogP) is 6.84. The van der Waals surface area contributed by atoms with Crippen LogP contribution in [0.5, 0.6) is 0 Å². The van der Waals surface area contributed by atoms with Gasteiger partial charge in [0.2, 0.25) is 0 Å². The topological polar surface area (TPSA) is 85.1 Å². The lowest BCUT2D eigenvalue weighted by atomic mass is 9.99. The quantitative estimate of drug-likeness (QED) is 0.133. The number of halogens is 1. The Morgan fingerprint density at radius 2 is 1.87 bits per heavy atom. The number of rotatable bonds is 12. The van der Waals surface area contributed by atoms with Crippen LogP contribution in [0.3, 0.4) is 0 Å². The van der Waals surface area contributed by atoms with Gasteiger partial charge >= 0.3 is 0 Å². The number of fused-ring (bicyclic) bond motifs is 1. The third-order valence-corrected chi connectivity index (χ3v) is 7.21. The maximum atomic E-state index is 13.6. The van der Waals surface area contributed by atoms with Gasteiger partial charge in [0.15, 0.2) is 0 Å². The van der Waals surface area contributed by atoms with Crippen LogP contribution in [0.25, 0.3) is 28.0 Å². The molecule has 1 unspecified atom stereocenters. The predicted molar refractivity (Wildman–Crippen MR) is 151 cm³/mol. The third-order valence-electron chi connectivity index (χ3n) is 7.21. The fourth-order valence-electron chi connectivity index (χ4n) is 5.02. The molecule has 39 heavy (non-hydrogen) atoms. The summed E-state index contributed by atoms with van der Waals surface area (Å²) in [6.45, 7) is 0.918. The lowest BCUT2D eigenvalue weighted by Crippen LogP contribution is -2.32. The number of nitrogens with one attached hydrogen (secondary N) is 2. The molecule has 1 aromatic heterocycles. The lowest BCUT2D eigenvalue weighted by Gasteiger charge is -2.27. The Bertz CT molecular complexity index is 1360. The summed E-state index contributed by atoms with van der Waals surface area (Å²) in [5.41, 5.74) is 4.74. The number of anilines is 1. The molecule has 3 N–H and O–H groups in total. The molecule has 2 aliphatic carbocycles. The van der Waals surface area contributed by atoms with Crippen molar-refractivity contribution in [1.29, 1.82) is 0 Å². The number of hydrogen-bond acceptors (Lipinski definition) is 7. The van der Waals surface area contributed by atoms with Crippen molar-refractivity contribution in [2.45, 2.75) is 43.8 Å². The third kappa shape index (κ3) is 6.13. The second kappa shape index (κ2) is 12.4. The minimum absolute atomic E-state index is 0.0561. The van der Waals surface area contributed by atoms with Crippen molar-refractivity contribution < 1.29 is 28.1 Å². The summed E-state index contributed by atoms with van der Waals surface area (Å²) in [6, 6.07) is 10.2. The van der Waals surface area contributed by atoms with Crippen molar-refractivity contribution in [3.05, 3.63) is 84.2 Å². The number of benzene rings is 2. The van der Waals surface area contributed by atoms with Gasteiger partial charge in [0.1, 0.15) is 30.0 Å². The molecule has 8 heteroatoms. The highest BCUT2D eigenvalue weighted by Crippen LogP contribution is 2.47. The highest BCUT2D eigenvalue weighted by Gasteiger charge is 2.29. The van der Waals surface area contributed by atoms with E-state index in [4.69, 9.17) is 18.6 Å². The molecule has 2 aliphatic rings. The molecule has 0 radical (unpaired) electrons. The lowest BCUT2D eigenvalue weighted by molar-refractivity contribution is -0.0650. The first-order chi connectivity index (χ1) is 19.1. The minimum Gasteiger partial charge on any atom is -0.513 e. The first-order valence-corrected chi connectivity index (χ1v) is 13.3. The maximum absolute atomic E-state index is 13.6. The zero-order valence-electron chi connectivity index (χ0n) is 22.3. The summed E-state index contributed by atoms with van der Waals surface area (Å²) < 4.78 is 37.0. The molecule has 5 rings (SSSR count). The second-order valence-corrected chi connectivity index (χ2v) is 9.76. The zero-order valence-corrected chi connectivity index (χ0v) is 22.3. The SMILES string of the molecule is CN/C(=C\O)c1c(-c2ccc(F)cc2)oc2cc(N/C=C/OCCOC3CC=CC[C@H]3OC)c(C3CC3)cc12. The minimum atomic E-state index is -0.323. The number of aliphatic hydroxyl groups excluding tert-OH is 1. The van der Waals surface area contributed by atoms with E-state index in [0.29, 0.717) is 36.2 Å². The van der Waals surface area contributed by atoms with E-state index >= 15 is 0 Å². The Hall–Kier alpha value is -3.75. The maximum Gasteiger partial charge on any atom is 0.144 e. The first-order valence-electron chi connectivity index (χ1n) is 13.3. The van der Waals surface area contributed by atoms with Gasteiger partial charge in [-0.2, -0.15) is 0 Å². The van der Waals surface area contributed by atoms with Gasteiger partial charge in [-0.25, -0.2) is 4.39 Å². The van der Waals surface area contributed by atoms with Gasteiger partial charge < -0.3 is 34.4 Å². The molecule has 0 spiro atoms. The normalized spacial score (nSPS) is 19.6. The average molecular weight is 535 g/mol. The molecule has 206 valence electrons. The molecule has 0 bridgehead atoms. The molecule has 2 atom stereocenters. The summed E-state index contributed by atoms with van der Waals surface area (Å²) in [5, 5.41) is 17.2. The van der Waals surface area contributed by atoms with E-state index in [-0.39, 0.29) is 18.0 Å². The van der Waals surface area contributed by atoms with E-state index in [1.807, 2.05) is 6.07 Å². The summed E-state index contributed by atoms with van der Waals surface area (Å²) in [7, 11) is 3.46. The first kappa shape index (κ1) is 26.8. The Morgan fingerprint density at radius 1 is 1.10 bits per heavy atom. The van der Waals surface area contributed by atoms with Gasteiger partial charge in [-0.1, -0.05) is 12.2 Å². The van der Waals surface area contributed by atoms with Crippen LogP contribution in [0.4, 0.5) is 10.1 Å². The number of hydrogen-bond donors (Lipinski definition) is 3. The van der Waals surface area contributed by atoms with Crippen molar-refractivity contribution >= 4 is 22.4 Å². The molecule has 0 amide bonds. The van der Waals surface area contributed by atoms with E-state index in [1.54, 1.807) is 38.8 Å². The Morgan fingerprint density at radius 3 is 2.56 bits per heavy atom. The van der Waals surface area contributed by atoms with E-state index in [9.17, 15) is 9.50 Å². The van der Waals surface area contributed by atoms with Crippen molar-refractivity contribution in [3.8, 4) is 11.3 Å². The van der Waals surface area contributed by atoms with Crippen LogP contribution in [0.1, 0.15) is 42.7 Å². The van der Waals surface area contributed by atoms with E-state index in [0.717, 1.165) is 54.1 Å². The van der Waals surface area contributed by atoms with Crippen LogP contribution in [0, 0.1) is 5.82 Å². The van der Waals surface area contributed by atoms with Crippen molar-refractivity contribution in [3.63, 3.8) is 0 Å². The van der Waals surface area contributed by atoms with Crippen LogP contribution in [0.2, 0.25) is 0 Å². The number of ether oxygens (including phenoxy) is 3. The van der Waals surface area contributed by atoms with Gasteiger partial charge in [-0.05, 0) is 67.5 Å².